The smallest absolute Gasteiger partial charge is 0.358 e. The van der Waals surface area contributed by atoms with Crippen LogP contribution in [0.5, 0.6) is 0 Å². The van der Waals surface area contributed by atoms with E-state index in [1.54, 1.807) is 0 Å². The molecule has 24 heteroatoms. The van der Waals surface area contributed by atoms with E-state index in [-0.39, 0.29) is 0 Å². The first kappa shape index (κ1) is 26.5. The average Bonchev–Trinajstić information content (AvgIpc) is 3.33. The van der Waals surface area contributed by atoms with Gasteiger partial charge in [-0.15, -0.1) is 0 Å². The summed E-state index contributed by atoms with van der Waals surface area (Å²) in [7, 11) is 2.11. The zero-order chi connectivity index (χ0) is 26.3. The summed E-state index contributed by atoms with van der Waals surface area (Å²) < 4.78 is 1.14. The number of hydrazine groups is 2. The van der Waals surface area contributed by atoms with Gasteiger partial charge in [0.25, 0.3) is 13.3 Å². The molecule has 2 aromatic heterocycles. The van der Waals surface area contributed by atoms with Gasteiger partial charge >= 0.3 is 23.3 Å². The third kappa shape index (κ3) is 6.72. The molecule has 0 amide bonds. The lowest BCUT2D eigenvalue weighted by Gasteiger charge is -2.02. The maximum Gasteiger partial charge on any atom is 0.420 e. The summed E-state index contributed by atoms with van der Waals surface area (Å²) in [6, 6.07) is 1.27. The van der Waals surface area contributed by atoms with E-state index in [9.17, 15) is 60.7 Å². The lowest BCUT2D eigenvalue weighted by molar-refractivity contribution is -0.657. The quantitative estimate of drug-likeness (QED) is 0.299. The van der Waals surface area contributed by atoms with Crippen LogP contribution in [0, 0.1) is 60.7 Å². The Balaban J connectivity index is 0.000000340. The van der Waals surface area contributed by atoms with Gasteiger partial charge in [0.15, 0.2) is 20.3 Å². The molecule has 0 bridgehead atoms. The maximum absolute atomic E-state index is 10.5. The fraction of sp³-hybridized carbons (Fsp3) is 0.400. The van der Waals surface area contributed by atoms with Crippen molar-refractivity contribution in [2.75, 3.05) is 14.1 Å². The van der Waals surface area contributed by atoms with Crippen molar-refractivity contribution in [3.8, 4) is 0 Å². The van der Waals surface area contributed by atoms with E-state index in [4.69, 9.17) is 0 Å². The average molecular weight is 492 g/mol. The van der Waals surface area contributed by atoms with Gasteiger partial charge in [0, 0.05) is 0 Å². The minimum absolute atomic E-state index is 0.504. The number of aromatic nitrogens is 4. The van der Waals surface area contributed by atoms with Crippen LogP contribution >= 0.6 is 0 Å². The van der Waals surface area contributed by atoms with Gasteiger partial charge in [-0.05, 0) is 29.1 Å². The van der Waals surface area contributed by atoms with Gasteiger partial charge < -0.3 is 40.5 Å². The first-order valence-electron chi connectivity index (χ1n) is 8.09. The van der Waals surface area contributed by atoms with E-state index < -0.39 is 66.4 Å². The number of nitrogens with zero attached hydrogens (tertiary/aromatic N) is 12. The Morgan fingerprint density at radius 1 is 0.647 bits per heavy atom. The molecule has 2 rings (SSSR count). The fourth-order valence-electron chi connectivity index (χ4n) is 1.96. The Morgan fingerprint density at radius 3 is 1.15 bits per heavy atom. The molecule has 0 N–H and O–H groups in total. The number of rotatable bonds is 10. The van der Waals surface area contributed by atoms with Gasteiger partial charge in [-0.3, -0.25) is 0 Å². The second kappa shape index (κ2) is 10.6. The third-order valence-corrected chi connectivity index (χ3v) is 3.47. The molecule has 2 aromatic rings. The molecule has 0 unspecified atom stereocenters. The molecular formula is C10H12N12O12. The maximum atomic E-state index is 10.5. The van der Waals surface area contributed by atoms with Crippen LogP contribution in [0.1, 0.15) is 0 Å². The van der Waals surface area contributed by atoms with Crippen LogP contribution in [-0.4, -0.2) is 73.4 Å². The second-order valence-corrected chi connectivity index (χ2v) is 5.82. The Hall–Kier alpha value is -5.58. The van der Waals surface area contributed by atoms with Crippen LogP contribution in [0.2, 0.25) is 0 Å². The van der Waals surface area contributed by atoms with Crippen LogP contribution < -0.4 is 0 Å². The summed E-state index contributed by atoms with van der Waals surface area (Å²) in [4.78, 5) is 58.8. The molecule has 184 valence electrons. The van der Waals surface area contributed by atoms with Crippen molar-refractivity contribution in [3.63, 3.8) is 0 Å². The van der Waals surface area contributed by atoms with E-state index in [0.29, 0.717) is 31.5 Å². The minimum atomic E-state index is -0.921. The molecule has 34 heavy (non-hydrogen) atoms. The van der Waals surface area contributed by atoms with Gasteiger partial charge in [0.1, 0.15) is 12.1 Å². The Kier molecular flexibility index (Phi) is 8.28. The van der Waals surface area contributed by atoms with Crippen molar-refractivity contribution in [2.24, 2.45) is 0 Å². The van der Waals surface area contributed by atoms with Crippen LogP contribution in [0.3, 0.4) is 0 Å². The number of nitro groups is 6. The summed E-state index contributed by atoms with van der Waals surface area (Å²) in [6.07, 6.45) is 0. The molecule has 0 spiro atoms. The molecule has 0 atom stereocenters. The van der Waals surface area contributed by atoms with Crippen LogP contribution in [-0.2, 0) is 13.3 Å². The van der Waals surface area contributed by atoms with Crippen LogP contribution in [0.4, 0.5) is 23.3 Å². The van der Waals surface area contributed by atoms with Crippen molar-refractivity contribution in [2.45, 2.75) is 13.3 Å². The van der Waals surface area contributed by atoms with Gasteiger partial charge in [0.05, 0.1) is 14.1 Å². The lowest BCUT2D eigenvalue weighted by atomic mass is 10.6. The summed E-state index contributed by atoms with van der Waals surface area (Å²) in [5.41, 5.74) is 0. The van der Waals surface area contributed by atoms with Gasteiger partial charge in [-0.1, -0.05) is 10.0 Å². The Morgan fingerprint density at radius 2 is 0.941 bits per heavy atom. The summed E-state index contributed by atoms with van der Waals surface area (Å²) in [6.45, 7) is -1.14. The Bertz CT molecular complexity index is 1050. The highest BCUT2D eigenvalue weighted by molar-refractivity contribution is 5.32. The highest BCUT2D eigenvalue weighted by Crippen LogP contribution is 2.20. The van der Waals surface area contributed by atoms with Crippen molar-refractivity contribution in [1.29, 1.82) is 0 Å². The predicted molar refractivity (Wildman–Crippen MR) is 101 cm³/mol. The van der Waals surface area contributed by atoms with Crippen molar-refractivity contribution in [1.82, 2.24) is 29.6 Å². The molecule has 0 aromatic carbocycles. The molecule has 0 saturated carbocycles. The SMILES string of the molecule is CN(Cn1nc([N+](=O)[O-])cc1[N+](=O)[O-])[N+](=O)[O-].CN(Cn1nc([N+](=O)[O-])cc1[N+](=O)[O-])[N+](=O)[O-]. The monoisotopic (exact) mass is 492 g/mol. The van der Waals surface area contributed by atoms with E-state index in [2.05, 4.69) is 10.2 Å². The van der Waals surface area contributed by atoms with E-state index in [1.165, 1.54) is 0 Å². The molecule has 0 aliphatic heterocycles. The Labute approximate surface area is 184 Å². The largest absolute Gasteiger partial charge is 0.420 e. The molecule has 0 radical (unpaired) electrons. The first-order chi connectivity index (χ1) is 15.6. The first-order valence-corrected chi connectivity index (χ1v) is 8.09. The lowest BCUT2D eigenvalue weighted by Crippen LogP contribution is -2.28. The normalized spacial score (nSPS) is 9.94. The molecule has 2 heterocycles. The highest BCUT2D eigenvalue weighted by atomic mass is 16.7. The van der Waals surface area contributed by atoms with E-state index >= 15 is 0 Å². The molecule has 0 aliphatic carbocycles. The van der Waals surface area contributed by atoms with Crippen LogP contribution in [0.15, 0.2) is 12.1 Å². The molecule has 0 fully saturated rings. The van der Waals surface area contributed by atoms with Gasteiger partial charge in [0.2, 0.25) is 0 Å². The van der Waals surface area contributed by atoms with Gasteiger partial charge in [-0.25, -0.2) is 20.2 Å². The predicted octanol–water partition coefficient (Wildman–Crippen LogP) is -0.439. The second-order valence-electron chi connectivity index (χ2n) is 5.82. The molecule has 0 saturated heterocycles. The summed E-state index contributed by atoms with van der Waals surface area (Å²) in [5, 5.41) is 68.4. The van der Waals surface area contributed by atoms with Crippen molar-refractivity contribution in [3.05, 3.63) is 72.8 Å². The zero-order valence-corrected chi connectivity index (χ0v) is 16.8. The van der Waals surface area contributed by atoms with E-state index in [1.807, 2.05) is 0 Å². The van der Waals surface area contributed by atoms with Crippen molar-refractivity contribution >= 4 is 23.3 Å². The molecule has 24 nitrogen and oxygen atoms in total. The third-order valence-electron chi connectivity index (χ3n) is 3.47. The number of hydrogen-bond acceptors (Lipinski definition) is 14. The summed E-state index contributed by atoms with van der Waals surface area (Å²) >= 11 is 0. The zero-order valence-electron chi connectivity index (χ0n) is 16.8. The highest BCUT2D eigenvalue weighted by Gasteiger charge is 2.31. The fourth-order valence-corrected chi connectivity index (χ4v) is 1.96. The number of hydrogen-bond donors (Lipinski definition) is 0. The van der Waals surface area contributed by atoms with Crippen molar-refractivity contribution < 1.29 is 29.8 Å². The summed E-state index contributed by atoms with van der Waals surface area (Å²) in [5.74, 6) is -2.86. The topological polar surface area (TPSA) is 301 Å². The standard InChI is InChI=1S/2C5H6N6O6/c2*1-7(11(16)17)3-8-5(10(14)15)2-4(6-8)9(12)13/h2*2H,3H2,1H3. The van der Waals surface area contributed by atoms with Crippen LogP contribution in [0.25, 0.3) is 0 Å². The molecular weight excluding hydrogens is 480 g/mol. The minimum Gasteiger partial charge on any atom is -0.358 e. The van der Waals surface area contributed by atoms with Gasteiger partial charge in [-0.2, -0.15) is 0 Å². The van der Waals surface area contributed by atoms with E-state index in [0.717, 1.165) is 14.1 Å². The molecule has 0 aliphatic rings.